The van der Waals surface area contributed by atoms with Crippen LogP contribution in [0.25, 0.3) is 0 Å². The van der Waals surface area contributed by atoms with Gasteiger partial charge in [-0.2, -0.15) is 0 Å². The molecule has 94 valence electrons. The molecule has 1 aromatic carbocycles. The summed E-state index contributed by atoms with van der Waals surface area (Å²) < 4.78 is 0. The molecule has 1 heterocycles. The highest BCUT2D eigenvalue weighted by Gasteiger charge is 2.34. The zero-order valence-electron chi connectivity index (χ0n) is 9.51. The summed E-state index contributed by atoms with van der Waals surface area (Å²) in [6.45, 7) is -0.158. The van der Waals surface area contributed by atoms with Gasteiger partial charge in [0.1, 0.15) is 6.54 Å². The molecule has 1 N–H and O–H groups in total. The number of carbonyl (C=O) groups is 3. The molecule has 0 aromatic heterocycles. The normalized spacial score (nSPS) is 15.2. The second-order valence-corrected chi connectivity index (χ2v) is 4.21. The molecule has 0 aliphatic carbocycles. The van der Waals surface area contributed by atoms with Gasteiger partial charge in [0.25, 0.3) is 11.8 Å². The van der Waals surface area contributed by atoms with Crippen molar-refractivity contribution in [2.75, 3.05) is 13.6 Å². The Hall–Kier alpha value is -2.08. The summed E-state index contributed by atoms with van der Waals surface area (Å²) in [5, 5.41) is 1.48. The molecule has 18 heavy (non-hydrogen) atoms. The molecule has 1 aliphatic heterocycles. The summed E-state index contributed by atoms with van der Waals surface area (Å²) in [5.74, 6) is -0.834. The number of urea groups is 1. The number of imide groups is 1. The lowest BCUT2D eigenvalue weighted by atomic mass is 10.2. The molecule has 0 saturated carbocycles. The van der Waals surface area contributed by atoms with E-state index in [1.54, 1.807) is 12.1 Å². The number of hydrogen-bond donors (Lipinski definition) is 1. The topological polar surface area (TPSA) is 69.7 Å². The highest BCUT2D eigenvalue weighted by molar-refractivity contribution is 6.30. The van der Waals surface area contributed by atoms with Crippen LogP contribution in [0.2, 0.25) is 5.02 Å². The van der Waals surface area contributed by atoms with Crippen molar-refractivity contribution in [2.45, 2.75) is 0 Å². The lowest BCUT2D eigenvalue weighted by Gasteiger charge is -2.15. The van der Waals surface area contributed by atoms with Crippen LogP contribution in [0.4, 0.5) is 4.79 Å². The molecule has 7 heteroatoms. The van der Waals surface area contributed by atoms with Gasteiger partial charge in [-0.3, -0.25) is 19.9 Å². The van der Waals surface area contributed by atoms with Crippen molar-refractivity contribution >= 4 is 29.4 Å². The summed E-state index contributed by atoms with van der Waals surface area (Å²) in [6, 6.07) is 5.65. The Morgan fingerprint density at radius 3 is 2.39 bits per heavy atom. The Kier molecular flexibility index (Phi) is 3.20. The average Bonchev–Trinajstić information content (AvgIpc) is 2.58. The third-order valence-corrected chi connectivity index (χ3v) is 2.78. The van der Waals surface area contributed by atoms with Crippen molar-refractivity contribution in [1.82, 2.24) is 15.3 Å². The quantitative estimate of drug-likeness (QED) is 0.809. The first-order valence-corrected chi connectivity index (χ1v) is 5.51. The SMILES string of the molecule is CN1C(=O)CN(NC(=O)c2ccc(Cl)cc2)C1=O. The molecule has 6 nitrogen and oxygen atoms in total. The highest BCUT2D eigenvalue weighted by atomic mass is 35.5. The largest absolute Gasteiger partial charge is 0.345 e. The van der Waals surface area contributed by atoms with Crippen LogP contribution in [-0.4, -0.2) is 41.3 Å². The predicted molar refractivity (Wildman–Crippen MR) is 63.8 cm³/mol. The van der Waals surface area contributed by atoms with Crippen molar-refractivity contribution in [3.8, 4) is 0 Å². The van der Waals surface area contributed by atoms with Crippen molar-refractivity contribution in [1.29, 1.82) is 0 Å². The Morgan fingerprint density at radius 2 is 1.89 bits per heavy atom. The van der Waals surface area contributed by atoms with E-state index in [-0.39, 0.29) is 12.5 Å². The second kappa shape index (κ2) is 4.66. The fourth-order valence-corrected chi connectivity index (χ4v) is 1.60. The van der Waals surface area contributed by atoms with Gasteiger partial charge in [-0.25, -0.2) is 9.80 Å². The van der Waals surface area contributed by atoms with E-state index >= 15 is 0 Å². The first-order chi connectivity index (χ1) is 8.49. The maximum atomic E-state index is 11.8. The van der Waals surface area contributed by atoms with Crippen molar-refractivity contribution in [2.24, 2.45) is 0 Å². The molecule has 0 radical (unpaired) electrons. The molecule has 1 fully saturated rings. The van der Waals surface area contributed by atoms with Crippen molar-refractivity contribution < 1.29 is 14.4 Å². The summed E-state index contributed by atoms with van der Waals surface area (Å²) in [7, 11) is 1.36. The van der Waals surface area contributed by atoms with Crippen molar-refractivity contribution in [3.05, 3.63) is 34.9 Å². The number of benzene rings is 1. The van der Waals surface area contributed by atoms with E-state index in [1.165, 1.54) is 19.2 Å². The van der Waals surface area contributed by atoms with Gasteiger partial charge in [0.15, 0.2) is 0 Å². The minimum absolute atomic E-state index is 0.158. The first-order valence-electron chi connectivity index (χ1n) is 5.13. The number of nitrogens with zero attached hydrogens (tertiary/aromatic N) is 2. The minimum atomic E-state index is -0.553. The highest BCUT2D eigenvalue weighted by Crippen LogP contribution is 2.10. The maximum absolute atomic E-state index is 11.8. The molecule has 1 saturated heterocycles. The van der Waals surface area contributed by atoms with Crippen LogP contribution in [-0.2, 0) is 4.79 Å². The number of hydrazine groups is 1. The van der Waals surface area contributed by atoms with Gasteiger partial charge < -0.3 is 0 Å². The van der Waals surface area contributed by atoms with Crippen LogP contribution in [0.3, 0.4) is 0 Å². The Balaban J connectivity index is 2.06. The van der Waals surface area contributed by atoms with Crippen LogP contribution < -0.4 is 5.43 Å². The fraction of sp³-hybridized carbons (Fsp3) is 0.182. The monoisotopic (exact) mass is 267 g/mol. The minimum Gasteiger partial charge on any atom is -0.272 e. The number of hydrogen-bond acceptors (Lipinski definition) is 3. The van der Waals surface area contributed by atoms with Crippen LogP contribution in [0.5, 0.6) is 0 Å². The number of likely N-dealkylation sites (N-methyl/N-ethyl adjacent to an activating group) is 1. The molecule has 1 aliphatic rings. The van der Waals surface area contributed by atoms with Gasteiger partial charge in [0.2, 0.25) is 0 Å². The van der Waals surface area contributed by atoms with Gasteiger partial charge in [0, 0.05) is 17.6 Å². The Labute approximate surface area is 108 Å². The third kappa shape index (κ3) is 2.28. The first kappa shape index (κ1) is 12.4. The molecular weight excluding hydrogens is 258 g/mol. The lowest BCUT2D eigenvalue weighted by Crippen LogP contribution is -2.44. The van der Waals surface area contributed by atoms with Crippen LogP contribution in [0.1, 0.15) is 10.4 Å². The fourth-order valence-electron chi connectivity index (χ4n) is 1.47. The van der Waals surface area contributed by atoms with Gasteiger partial charge in [-0.15, -0.1) is 0 Å². The number of amides is 4. The summed E-state index contributed by atoms with van der Waals surface area (Å²) in [4.78, 5) is 35.5. The molecule has 0 atom stereocenters. The van der Waals surface area contributed by atoms with E-state index < -0.39 is 11.9 Å². The second-order valence-electron chi connectivity index (χ2n) is 3.77. The van der Waals surface area contributed by atoms with Crippen LogP contribution in [0, 0.1) is 0 Å². The molecule has 0 spiro atoms. The van der Waals surface area contributed by atoms with Gasteiger partial charge in [-0.1, -0.05) is 11.6 Å². The summed E-state index contributed by atoms with van der Waals surface area (Å²) in [6.07, 6.45) is 0. The van der Waals surface area contributed by atoms with Gasteiger partial charge in [-0.05, 0) is 24.3 Å². The Bertz CT molecular complexity index is 515. The molecular formula is C11H10ClN3O3. The smallest absolute Gasteiger partial charge is 0.272 e. The standard InChI is InChI=1S/C11H10ClN3O3/c1-14-9(16)6-15(11(14)18)13-10(17)7-2-4-8(12)5-3-7/h2-5H,6H2,1H3,(H,13,17). The molecule has 4 amide bonds. The molecule has 0 bridgehead atoms. The van der Waals surface area contributed by atoms with E-state index in [0.29, 0.717) is 10.6 Å². The van der Waals surface area contributed by atoms with Gasteiger partial charge in [0.05, 0.1) is 0 Å². The van der Waals surface area contributed by atoms with Crippen LogP contribution >= 0.6 is 11.6 Å². The summed E-state index contributed by atoms with van der Waals surface area (Å²) >= 11 is 5.70. The van der Waals surface area contributed by atoms with Gasteiger partial charge >= 0.3 is 6.03 Å². The number of carbonyl (C=O) groups excluding carboxylic acids is 3. The zero-order chi connectivity index (χ0) is 13.3. The zero-order valence-corrected chi connectivity index (χ0v) is 10.3. The van der Waals surface area contributed by atoms with E-state index in [4.69, 9.17) is 11.6 Å². The van der Waals surface area contributed by atoms with E-state index in [1.807, 2.05) is 0 Å². The van der Waals surface area contributed by atoms with Crippen LogP contribution in [0.15, 0.2) is 24.3 Å². The molecule has 2 rings (SSSR count). The third-order valence-electron chi connectivity index (χ3n) is 2.53. The molecule has 0 unspecified atom stereocenters. The van der Waals surface area contributed by atoms with E-state index in [2.05, 4.69) is 5.43 Å². The number of halogens is 1. The predicted octanol–water partition coefficient (Wildman–Crippen LogP) is 0.879. The lowest BCUT2D eigenvalue weighted by molar-refractivity contribution is -0.124. The van der Waals surface area contributed by atoms with Crippen molar-refractivity contribution in [3.63, 3.8) is 0 Å². The average molecular weight is 268 g/mol. The maximum Gasteiger partial charge on any atom is 0.345 e. The Morgan fingerprint density at radius 1 is 1.28 bits per heavy atom. The summed E-state index contributed by atoms with van der Waals surface area (Å²) in [5.41, 5.74) is 2.72. The van der Waals surface area contributed by atoms with E-state index in [0.717, 1.165) is 9.91 Å². The van der Waals surface area contributed by atoms with E-state index in [9.17, 15) is 14.4 Å². The molecule has 1 aromatic rings. The number of nitrogens with one attached hydrogen (secondary N) is 1. The number of rotatable bonds is 2.